The fourth-order valence-corrected chi connectivity index (χ4v) is 3.84. The highest BCUT2D eigenvalue weighted by Crippen LogP contribution is 2.43. The molecule has 1 amide bonds. The lowest BCUT2D eigenvalue weighted by Crippen LogP contribution is -2.56. The van der Waals surface area contributed by atoms with Crippen molar-refractivity contribution in [1.29, 1.82) is 0 Å². The minimum atomic E-state index is -0.987. The lowest BCUT2D eigenvalue weighted by molar-refractivity contribution is -0.145. The number of aliphatic carboxylic acids is 2. The number of carboxylic acids is 2. The number of carboxylic acid groups (broad SMARTS) is 2. The van der Waals surface area contributed by atoms with E-state index in [1.54, 1.807) is 24.2 Å². The van der Waals surface area contributed by atoms with Gasteiger partial charge < -0.3 is 25.3 Å². The molecule has 0 radical (unpaired) electrons. The van der Waals surface area contributed by atoms with E-state index >= 15 is 0 Å². The summed E-state index contributed by atoms with van der Waals surface area (Å²) in [4.78, 5) is 46.4. The van der Waals surface area contributed by atoms with E-state index in [9.17, 15) is 19.5 Å². The van der Waals surface area contributed by atoms with E-state index in [0.717, 1.165) is 0 Å². The van der Waals surface area contributed by atoms with E-state index in [-0.39, 0.29) is 18.9 Å². The summed E-state index contributed by atoms with van der Waals surface area (Å²) in [6.07, 6.45) is 2.61. The summed E-state index contributed by atoms with van der Waals surface area (Å²) >= 11 is 0. The van der Waals surface area contributed by atoms with Gasteiger partial charge in [-0.3, -0.25) is 14.4 Å². The molecule has 2 aliphatic rings. The molecule has 3 rings (SSSR count). The van der Waals surface area contributed by atoms with E-state index in [2.05, 4.69) is 15.3 Å². The molecule has 0 bridgehead atoms. The number of nitrogens with one attached hydrogen (secondary N) is 1. The molecule has 1 aromatic heterocycles. The molecule has 10 nitrogen and oxygen atoms in total. The second kappa shape index (κ2) is 6.77. The molecule has 140 valence electrons. The van der Waals surface area contributed by atoms with Crippen LogP contribution in [0.4, 0.5) is 11.8 Å². The summed E-state index contributed by atoms with van der Waals surface area (Å²) in [6.45, 7) is 0.792. The number of amides is 1. The van der Waals surface area contributed by atoms with Crippen molar-refractivity contribution in [3.63, 3.8) is 0 Å². The van der Waals surface area contributed by atoms with E-state index < -0.39 is 23.4 Å². The van der Waals surface area contributed by atoms with Gasteiger partial charge >= 0.3 is 11.9 Å². The van der Waals surface area contributed by atoms with Gasteiger partial charge in [-0.1, -0.05) is 0 Å². The Morgan fingerprint density at radius 3 is 2.65 bits per heavy atom. The quantitative estimate of drug-likeness (QED) is 0.653. The van der Waals surface area contributed by atoms with Crippen molar-refractivity contribution in [2.24, 2.45) is 5.92 Å². The molecular weight excluding hydrogens is 342 g/mol. The van der Waals surface area contributed by atoms with Gasteiger partial charge in [0, 0.05) is 32.8 Å². The smallest absolute Gasteiger partial charge is 0.322 e. The third-order valence-electron chi connectivity index (χ3n) is 5.34. The van der Waals surface area contributed by atoms with Crippen LogP contribution >= 0.6 is 0 Å². The first kappa shape index (κ1) is 17.9. The van der Waals surface area contributed by atoms with Gasteiger partial charge in [0.05, 0.1) is 11.5 Å². The molecule has 2 fully saturated rings. The minimum absolute atomic E-state index is 0.0386. The van der Waals surface area contributed by atoms with Crippen LogP contribution in [-0.4, -0.2) is 75.1 Å². The Morgan fingerprint density at radius 1 is 1.35 bits per heavy atom. The molecule has 2 aliphatic heterocycles. The molecular formula is C16H21N5O5. The van der Waals surface area contributed by atoms with Crippen LogP contribution in [0.5, 0.6) is 0 Å². The van der Waals surface area contributed by atoms with Crippen molar-refractivity contribution >= 4 is 29.6 Å². The normalized spacial score (nSPS) is 21.9. The number of anilines is 2. The first-order valence-electron chi connectivity index (χ1n) is 8.36. The molecule has 10 heteroatoms. The molecule has 3 heterocycles. The Morgan fingerprint density at radius 2 is 2.04 bits per heavy atom. The molecule has 2 saturated heterocycles. The summed E-state index contributed by atoms with van der Waals surface area (Å²) < 4.78 is 0. The van der Waals surface area contributed by atoms with Gasteiger partial charge in [0.2, 0.25) is 11.9 Å². The van der Waals surface area contributed by atoms with Gasteiger partial charge in [-0.05, 0) is 18.9 Å². The maximum absolute atomic E-state index is 12.1. The Hall–Kier alpha value is -2.91. The third-order valence-corrected chi connectivity index (χ3v) is 5.34. The van der Waals surface area contributed by atoms with Crippen LogP contribution in [-0.2, 0) is 14.4 Å². The maximum atomic E-state index is 12.1. The fraction of sp³-hybridized carbons (Fsp3) is 0.562. The second-order valence-electron chi connectivity index (χ2n) is 6.63. The van der Waals surface area contributed by atoms with Crippen LogP contribution in [0.15, 0.2) is 12.3 Å². The van der Waals surface area contributed by atoms with E-state index in [1.807, 2.05) is 4.90 Å². The van der Waals surface area contributed by atoms with E-state index in [4.69, 9.17) is 5.11 Å². The number of nitrogens with zero attached hydrogens (tertiary/aromatic N) is 4. The number of piperidine rings is 1. The lowest BCUT2D eigenvalue weighted by atomic mass is 9.77. The zero-order chi connectivity index (χ0) is 18.9. The molecule has 1 spiro atoms. The zero-order valence-corrected chi connectivity index (χ0v) is 14.4. The SMILES string of the molecule is CN1C(=O)C[C@@H](C(=O)O)C12CCN(c1nccc(NCC(=O)O)n1)CC2. The molecule has 0 aromatic carbocycles. The van der Waals surface area contributed by atoms with Crippen molar-refractivity contribution < 1.29 is 24.6 Å². The third kappa shape index (κ3) is 3.14. The number of aromatic nitrogens is 2. The predicted molar refractivity (Wildman–Crippen MR) is 90.8 cm³/mol. The van der Waals surface area contributed by atoms with Crippen molar-refractivity contribution in [2.45, 2.75) is 24.8 Å². The Bertz CT molecular complexity index is 731. The van der Waals surface area contributed by atoms with Crippen molar-refractivity contribution in [1.82, 2.24) is 14.9 Å². The number of carbonyl (C=O) groups excluding carboxylic acids is 1. The number of carbonyl (C=O) groups is 3. The molecule has 0 aliphatic carbocycles. The van der Waals surface area contributed by atoms with Crippen LogP contribution in [0.2, 0.25) is 0 Å². The van der Waals surface area contributed by atoms with Crippen molar-refractivity contribution in [2.75, 3.05) is 36.9 Å². The first-order valence-corrected chi connectivity index (χ1v) is 8.36. The number of hydrogen-bond acceptors (Lipinski definition) is 7. The topological polar surface area (TPSA) is 136 Å². The summed E-state index contributed by atoms with van der Waals surface area (Å²) in [5, 5.41) is 20.9. The number of rotatable bonds is 5. The highest BCUT2D eigenvalue weighted by atomic mass is 16.4. The number of likely N-dealkylation sites (tertiary alicyclic amines) is 1. The Balaban J connectivity index is 1.72. The molecule has 26 heavy (non-hydrogen) atoms. The Labute approximate surface area is 149 Å². The monoisotopic (exact) mass is 363 g/mol. The molecule has 0 saturated carbocycles. The molecule has 0 unspecified atom stereocenters. The average Bonchev–Trinajstić information content (AvgIpc) is 2.86. The summed E-state index contributed by atoms with van der Waals surface area (Å²) in [7, 11) is 1.67. The highest BCUT2D eigenvalue weighted by molar-refractivity contribution is 5.88. The van der Waals surface area contributed by atoms with Gasteiger partial charge in [0.1, 0.15) is 12.4 Å². The van der Waals surface area contributed by atoms with Gasteiger partial charge in [-0.15, -0.1) is 0 Å². The summed E-state index contributed by atoms with van der Waals surface area (Å²) in [5.74, 6) is -1.90. The predicted octanol–water partition coefficient (Wildman–Crippen LogP) is -0.125. The van der Waals surface area contributed by atoms with Gasteiger partial charge in [-0.25, -0.2) is 4.98 Å². The minimum Gasteiger partial charge on any atom is -0.481 e. The standard InChI is InChI=1S/C16H21N5O5/c1-20-12(22)8-10(14(25)26)16(20)3-6-21(7-4-16)15-17-5-2-11(19-15)18-9-13(23)24/h2,5,10H,3-4,6-9H2,1H3,(H,23,24)(H,25,26)(H,17,18,19)/t10-/m0/s1. The van der Waals surface area contributed by atoms with Crippen LogP contribution in [0.1, 0.15) is 19.3 Å². The summed E-state index contributed by atoms with van der Waals surface area (Å²) in [6, 6.07) is 1.59. The van der Waals surface area contributed by atoms with Crippen LogP contribution in [0.25, 0.3) is 0 Å². The summed E-state index contributed by atoms with van der Waals surface area (Å²) in [5.41, 5.74) is -0.668. The van der Waals surface area contributed by atoms with Crippen molar-refractivity contribution in [3.8, 4) is 0 Å². The zero-order valence-electron chi connectivity index (χ0n) is 14.4. The molecule has 1 aromatic rings. The molecule has 3 N–H and O–H groups in total. The number of hydrogen-bond donors (Lipinski definition) is 3. The lowest BCUT2D eigenvalue weighted by Gasteiger charge is -2.45. The van der Waals surface area contributed by atoms with Crippen LogP contribution in [0, 0.1) is 5.92 Å². The highest BCUT2D eigenvalue weighted by Gasteiger charge is 2.55. The van der Waals surface area contributed by atoms with Crippen LogP contribution < -0.4 is 10.2 Å². The van der Waals surface area contributed by atoms with E-state index in [1.165, 1.54) is 0 Å². The average molecular weight is 363 g/mol. The second-order valence-corrected chi connectivity index (χ2v) is 6.63. The van der Waals surface area contributed by atoms with Gasteiger partial charge in [0.15, 0.2) is 0 Å². The fourth-order valence-electron chi connectivity index (χ4n) is 3.84. The van der Waals surface area contributed by atoms with Crippen molar-refractivity contribution in [3.05, 3.63) is 12.3 Å². The van der Waals surface area contributed by atoms with Gasteiger partial charge in [0.25, 0.3) is 0 Å². The van der Waals surface area contributed by atoms with Crippen LogP contribution in [0.3, 0.4) is 0 Å². The molecule has 1 atom stereocenters. The largest absolute Gasteiger partial charge is 0.481 e. The van der Waals surface area contributed by atoms with Gasteiger partial charge in [-0.2, -0.15) is 4.98 Å². The van der Waals surface area contributed by atoms with E-state index in [0.29, 0.717) is 37.7 Å². The first-order chi connectivity index (χ1) is 12.3. The Kier molecular flexibility index (Phi) is 4.66. The maximum Gasteiger partial charge on any atom is 0.322 e.